The lowest BCUT2D eigenvalue weighted by molar-refractivity contribution is -0.130. The number of carbonyl (C=O) groups is 1. The number of ether oxygens (including phenoxy) is 5. The van der Waals surface area contributed by atoms with Gasteiger partial charge in [-0.1, -0.05) is 57.4 Å². The second-order valence-electron chi connectivity index (χ2n) is 11.2. The van der Waals surface area contributed by atoms with Crippen molar-refractivity contribution >= 4 is 33.4 Å². The van der Waals surface area contributed by atoms with Crippen LogP contribution in [0.1, 0.15) is 34.8 Å². The van der Waals surface area contributed by atoms with Crippen molar-refractivity contribution in [3.8, 4) is 23.0 Å². The number of amides is 1. The summed E-state index contributed by atoms with van der Waals surface area (Å²) in [5.74, 6) is 1.75. The second kappa shape index (κ2) is 16.9. The van der Waals surface area contributed by atoms with E-state index in [1.165, 1.54) is 21.3 Å². The first-order chi connectivity index (χ1) is 24.3. The number of methoxy groups -OCH3 is 3. The van der Waals surface area contributed by atoms with Crippen molar-refractivity contribution in [2.75, 3.05) is 34.5 Å². The summed E-state index contributed by atoms with van der Waals surface area (Å²) in [5.41, 5.74) is 16.7. The van der Waals surface area contributed by atoms with Gasteiger partial charge in [-0.25, -0.2) is 10.4 Å². The summed E-state index contributed by atoms with van der Waals surface area (Å²) in [4.78, 5) is 22.7. The highest BCUT2D eigenvalue weighted by Crippen LogP contribution is 2.45. The molecule has 0 bridgehead atoms. The molecule has 1 aliphatic rings. The van der Waals surface area contributed by atoms with Gasteiger partial charge in [0.15, 0.2) is 23.1 Å². The minimum absolute atomic E-state index is 0.0291. The van der Waals surface area contributed by atoms with Crippen molar-refractivity contribution in [2.24, 2.45) is 10.1 Å². The maximum Gasteiger partial charge on any atom is 0.266 e. The fourth-order valence-corrected chi connectivity index (χ4v) is 5.86. The highest BCUT2D eigenvalue weighted by molar-refractivity contribution is 9.10. The molecule has 0 saturated carbocycles. The molecule has 1 heterocycles. The molecule has 0 aromatic heterocycles. The smallest absolute Gasteiger partial charge is 0.266 e. The third-order valence-corrected chi connectivity index (χ3v) is 8.54. The highest BCUT2D eigenvalue weighted by atomic mass is 79.9. The van der Waals surface area contributed by atoms with Gasteiger partial charge in [0.25, 0.3) is 5.91 Å². The number of aliphatic hydroxyl groups excluding tert-OH is 1. The molecule has 1 aliphatic heterocycles. The third kappa shape index (κ3) is 8.12. The Labute approximate surface area is 297 Å². The Morgan fingerprint density at radius 3 is 2.34 bits per heavy atom. The summed E-state index contributed by atoms with van der Waals surface area (Å²) in [6, 6.07) is 25.3. The Morgan fingerprint density at radius 1 is 1.00 bits per heavy atom. The van der Waals surface area contributed by atoms with Gasteiger partial charge in [-0.05, 0) is 65.2 Å². The number of halogens is 1. The van der Waals surface area contributed by atoms with E-state index < -0.39 is 17.6 Å². The zero-order valence-corrected chi connectivity index (χ0v) is 29.3. The summed E-state index contributed by atoms with van der Waals surface area (Å²) in [7, 11) is 4.59. The molecule has 0 radical (unpaired) electrons. The fraction of sp³-hybridized carbons (Fsp3) is 0.278. The molecule has 0 unspecified atom stereocenters. The predicted octanol–water partition coefficient (Wildman–Crippen LogP) is 6.50. The van der Waals surface area contributed by atoms with Gasteiger partial charge in [-0.2, -0.15) is 0 Å². The van der Waals surface area contributed by atoms with Crippen LogP contribution in [0.15, 0.2) is 99.5 Å². The van der Waals surface area contributed by atoms with Crippen LogP contribution in [-0.2, 0) is 22.5 Å². The first-order valence-electron chi connectivity index (χ1n) is 15.7. The molecule has 0 saturated heterocycles. The number of nitrogens with zero attached hydrogens (tertiary/aromatic N) is 4. The van der Waals surface area contributed by atoms with Gasteiger partial charge in [0.05, 0.1) is 27.9 Å². The van der Waals surface area contributed by atoms with Crippen molar-refractivity contribution < 1.29 is 33.6 Å². The van der Waals surface area contributed by atoms with Crippen LogP contribution in [0.3, 0.4) is 0 Å². The summed E-state index contributed by atoms with van der Waals surface area (Å²) < 4.78 is 29.6. The van der Waals surface area contributed by atoms with Crippen LogP contribution in [-0.4, -0.2) is 57.0 Å². The predicted molar refractivity (Wildman–Crippen MR) is 191 cm³/mol. The van der Waals surface area contributed by atoms with Crippen LogP contribution < -0.4 is 29.8 Å². The number of hydrogen-bond donors (Lipinski definition) is 3. The minimum atomic E-state index is -1.57. The van der Waals surface area contributed by atoms with E-state index in [9.17, 15) is 10.3 Å². The number of rotatable bonds is 16. The first kappa shape index (κ1) is 36.0. The quantitative estimate of drug-likeness (QED) is 0.0384. The molecule has 13 nitrogen and oxygen atoms in total. The Hall–Kier alpha value is -5.27. The number of aliphatic imine (C=N–C) groups is 1. The SMILES string of the molecule is COc1cc(CNNC(=O)[C@@]2(Cc3ccc(Br)cc3)N=C(c3ccc(OCCCO)cc3)O[C@H]2c2ccccc2N=[N+]=[N-])cc(OC)c1OC. The van der Waals surface area contributed by atoms with E-state index in [0.717, 1.165) is 15.6 Å². The van der Waals surface area contributed by atoms with E-state index in [1.54, 1.807) is 60.7 Å². The molecule has 0 spiro atoms. The third-order valence-electron chi connectivity index (χ3n) is 8.01. The number of azide groups is 1. The number of hydrogen-bond acceptors (Lipinski definition) is 10. The maximum absolute atomic E-state index is 14.6. The molecule has 0 aliphatic carbocycles. The molecule has 5 rings (SSSR count). The Kier molecular flexibility index (Phi) is 12.2. The zero-order valence-electron chi connectivity index (χ0n) is 27.8. The molecular formula is C36H37BrN6O7. The lowest BCUT2D eigenvalue weighted by atomic mass is 9.81. The van der Waals surface area contributed by atoms with Crippen LogP contribution in [0.5, 0.6) is 23.0 Å². The molecule has 4 aromatic carbocycles. The molecule has 0 fully saturated rings. The maximum atomic E-state index is 14.6. The van der Waals surface area contributed by atoms with Crippen LogP contribution in [0.4, 0.5) is 5.69 Å². The lowest BCUT2D eigenvalue weighted by Crippen LogP contribution is -2.53. The average Bonchev–Trinajstić information content (AvgIpc) is 3.52. The molecular weight excluding hydrogens is 708 g/mol. The number of aliphatic hydroxyl groups is 1. The molecule has 50 heavy (non-hydrogen) atoms. The molecule has 2 atom stereocenters. The van der Waals surface area contributed by atoms with E-state index in [2.05, 4.69) is 36.8 Å². The molecule has 14 heteroatoms. The van der Waals surface area contributed by atoms with Crippen LogP contribution >= 0.6 is 15.9 Å². The summed E-state index contributed by atoms with van der Waals surface area (Å²) in [5, 5.41) is 13.0. The number of hydrazine groups is 1. The van der Waals surface area contributed by atoms with Gasteiger partial charge in [0, 0.05) is 52.2 Å². The Balaban J connectivity index is 1.55. The van der Waals surface area contributed by atoms with E-state index in [1.807, 2.05) is 24.3 Å². The van der Waals surface area contributed by atoms with E-state index >= 15 is 0 Å². The van der Waals surface area contributed by atoms with Crippen molar-refractivity contribution in [3.63, 3.8) is 0 Å². The Morgan fingerprint density at radius 2 is 1.70 bits per heavy atom. The number of carbonyl (C=O) groups excluding carboxylic acids is 1. The number of benzene rings is 4. The molecule has 1 amide bonds. The molecule has 260 valence electrons. The average molecular weight is 746 g/mol. The van der Waals surface area contributed by atoms with Crippen molar-refractivity contribution in [1.29, 1.82) is 0 Å². The van der Waals surface area contributed by atoms with Crippen LogP contribution in [0.25, 0.3) is 10.4 Å². The number of nitrogens with one attached hydrogen (secondary N) is 2. The normalized spacial score (nSPS) is 16.4. The fourth-order valence-electron chi connectivity index (χ4n) is 5.59. The summed E-state index contributed by atoms with van der Waals surface area (Å²) in [6.07, 6.45) is -0.351. The summed E-state index contributed by atoms with van der Waals surface area (Å²) >= 11 is 3.49. The largest absolute Gasteiger partial charge is 0.494 e. The minimum Gasteiger partial charge on any atom is -0.494 e. The Bertz CT molecular complexity index is 1840. The standard InChI is InChI=1S/C36H37BrN6O7/c1-46-30-19-24(20-31(47-2)32(30)48-3)22-39-42-35(45)36(21-23-9-13-26(37)14-10-23)33(28-7-4-5-8-29(28)41-43-38)50-34(40-36)25-11-15-27(16-12-25)49-18-6-17-44/h4-5,7-16,19-20,33,39,44H,6,17-18,21-22H2,1-3H3,(H,42,45)/t33-,36-/m0/s1. The lowest BCUT2D eigenvalue weighted by Gasteiger charge is -2.31. The van der Waals surface area contributed by atoms with Crippen molar-refractivity contribution in [3.05, 3.63) is 122 Å². The topological polar surface area (TPSA) is 169 Å². The van der Waals surface area contributed by atoms with Crippen molar-refractivity contribution in [1.82, 2.24) is 10.9 Å². The van der Waals surface area contributed by atoms with E-state index in [-0.39, 0.29) is 25.5 Å². The van der Waals surface area contributed by atoms with Gasteiger partial charge < -0.3 is 28.8 Å². The van der Waals surface area contributed by atoms with E-state index in [0.29, 0.717) is 52.8 Å². The van der Waals surface area contributed by atoms with Crippen molar-refractivity contribution in [2.45, 2.75) is 31.0 Å². The van der Waals surface area contributed by atoms with Gasteiger partial charge in [-0.15, -0.1) is 0 Å². The molecule has 3 N–H and O–H groups in total. The first-order valence-corrected chi connectivity index (χ1v) is 16.5. The summed E-state index contributed by atoms with van der Waals surface area (Å²) in [6.45, 7) is 0.596. The van der Waals surface area contributed by atoms with Gasteiger partial charge in [0.2, 0.25) is 11.6 Å². The van der Waals surface area contributed by atoms with Gasteiger partial charge in [-0.3, -0.25) is 10.2 Å². The zero-order chi connectivity index (χ0) is 35.5. The van der Waals surface area contributed by atoms with Crippen LogP contribution in [0.2, 0.25) is 0 Å². The van der Waals surface area contributed by atoms with Crippen LogP contribution in [0, 0.1) is 0 Å². The monoisotopic (exact) mass is 744 g/mol. The van der Waals surface area contributed by atoms with E-state index in [4.69, 9.17) is 33.8 Å². The highest BCUT2D eigenvalue weighted by Gasteiger charge is 2.54. The van der Waals surface area contributed by atoms with Gasteiger partial charge in [0.1, 0.15) is 5.75 Å². The second-order valence-corrected chi connectivity index (χ2v) is 12.1. The molecule has 4 aromatic rings. The van der Waals surface area contributed by atoms with Gasteiger partial charge >= 0.3 is 0 Å².